The Morgan fingerprint density at radius 3 is 3.00 bits per heavy atom. The van der Waals surface area contributed by atoms with Crippen LogP contribution >= 0.6 is 0 Å². The first-order chi connectivity index (χ1) is 4.84. The van der Waals surface area contributed by atoms with Gasteiger partial charge in [-0.15, -0.1) is 0 Å². The topological polar surface area (TPSA) is 59.4 Å². The van der Waals surface area contributed by atoms with Gasteiger partial charge in [-0.1, -0.05) is 0 Å². The van der Waals surface area contributed by atoms with E-state index in [1.165, 1.54) is 0 Å². The van der Waals surface area contributed by atoms with Gasteiger partial charge in [-0.3, -0.25) is 0 Å². The summed E-state index contributed by atoms with van der Waals surface area (Å²) in [5.74, 6) is 0.731. The van der Waals surface area contributed by atoms with Crippen LogP contribution in [-0.2, 0) is 0 Å². The number of aliphatic hydroxyl groups is 1. The fourth-order valence-electron chi connectivity index (χ4n) is 0.784. The van der Waals surface area contributed by atoms with Crippen LogP contribution in [0, 0.1) is 0 Å². The van der Waals surface area contributed by atoms with E-state index in [4.69, 9.17) is 15.3 Å². The predicted octanol–water partition coefficient (Wildman–Crippen LogP) is 0.662. The van der Waals surface area contributed by atoms with Crippen LogP contribution in [-0.4, -0.2) is 11.7 Å². The zero-order chi connectivity index (χ0) is 7.40. The average molecular weight is 141 g/mol. The molecular formula is C7H11NO2. The monoisotopic (exact) mass is 141 g/mol. The van der Waals surface area contributed by atoms with Gasteiger partial charge < -0.3 is 15.3 Å². The van der Waals surface area contributed by atoms with Gasteiger partial charge in [-0.05, 0) is 18.6 Å². The van der Waals surface area contributed by atoms with Crippen molar-refractivity contribution < 1.29 is 9.52 Å². The number of hydrogen-bond acceptors (Lipinski definition) is 3. The lowest BCUT2D eigenvalue weighted by atomic mass is 10.2. The van der Waals surface area contributed by atoms with Gasteiger partial charge in [0.2, 0.25) is 0 Å². The van der Waals surface area contributed by atoms with E-state index in [-0.39, 0.29) is 12.6 Å². The number of rotatable bonds is 3. The first kappa shape index (κ1) is 7.31. The summed E-state index contributed by atoms with van der Waals surface area (Å²) in [6.07, 6.45) is 2.13. The molecule has 3 heteroatoms. The van der Waals surface area contributed by atoms with E-state index in [9.17, 15) is 0 Å². The molecule has 0 aliphatic heterocycles. The van der Waals surface area contributed by atoms with Crippen molar-refractivity contribution in [2.75, 3.05) is 6.61 Å². The van der Waals surface area contributed by atoms with Crippen LogP contribution in [0.25, 0.3) is 0 Å². The average Bonchev–Trinajstić information content (AvgIpc) is 2.38. The lowest BCUT2D eigenvalue weighted by Crippen LogP contribution is -2.10. The molecule has 1 rings (SSSR count). The van der Waals surface area contributed by atoms with Crippen LogP contribution in [0.5, 0.6) is 0 Å². The Hall–Kier alpha value is -0.800. The maximum Gasteiger partial charge on any atom is 0.120 e. The summed E-state index contributed by atoms with van der Waals surface area (Å²) in [4.78, 5) is 0. The molecular weight excluding hydrogens is 130 g/mol. The molecule has 1 atom stereocenters. The second-order valence-corrected chi connectivity index (χ2v) is 2.13. The molecule has 0 aliphatic rings. The van der Waals surface area contributed by atoms with Crippen molar-refractivity contribution in [2.45, 2.75) is 12.5 Å². The highest BCUT2D eigenvalue weighted by Gasteiger charge is 2.06. The smallest absolute Gasteiger partial charge is 0.120 e. The van der Waals surface area contributed by atoms with E-state index in [0.717, 1.165) is 5.76 Å². The third-order valence-electron chi connectivity index (χ3n) is 1.35. The second kappa shape index (κ2) is 3.39. The summed E-state index contributed by atoms with van der Waals surface area (Å²) < 4.78 is 5.01. The maximum absolute atomic E-state index is 8.51. The molecule has 1 unspecified atom stereocenters. The van der Waals surface area contributed by atoms with Crippen molar-refractivity contribution in [1.82, 2.24) is 0 Å². The van der Waals surface area contributed by atoms with Gasteiger partial charge in [-0.25, -0.2) is 0 Å². The highest BCUT2D eigenvalue weighted by Crippen LogP contribution is 2.12. The summed E-state index contributed by atoms with van der Waals surface area (Å²) in [7, 11) is 0. The van der Waals surface area contributed by atoms with Gasteiger partial charge in [0.15, 0.2) is 0 Å². The minimum absolute atomic E-state index is 0.0991. The lowest BCUT2D eigenvalue weighted by molar-refractivity contribution is 0.268. The van der Waals surface area contributed by atoms with Crippen LogP contribution in [0.15, 0.2) is 22.8 Å². The largest absolute Gasteiger partial charge is 0.468 e. The molecule has 0 fully saturated rings. The molecule has 1 aromatic heterocycles. The summed E-state index contributed by atoms with van der Waals surface area (Å²) >= 11 is 0. The normalized spacial score (nSPS) is 13.4. The molecule has 0 saturated carbocycles. The van der Waals surface area contributed by atoms with Gasteiger partial charge in [0.25, 0.3) is 0 Å². The molecule has 3 N–H and O–H groups in total. The van der Waals surface area contributed by atoms with Crippen molar-refractivity contribution in [3.8, 4) is 0 Å². The SMILES string of the molecule is NC(CCO)c1ccco1. The summed E-state index contributed by atoms with van der Waals surface area (Å²) in [6, 6.07) is 3.42. The number of aliphatic hydroxyl groups excluding tert-OH is 1. The van der Waals surface area contributed by atoms with Gasteiger partial charge in [0.1, 0.15) is 5.76 Å². The Balaban J connectivity index is 2.50. The fourth-order valence-corrected chi connectivity index (χ4v) is 0.784. The number of furan rings is 1. The van der Waals surface area contributed by atoms with Crippen LogP contribution in [0.3, 0.4) is 0 Å². The van der Waals surface area contributed by atoms with E-state index in [1.807, 2.05) is 0 Å². The van der Waals surface area contributed by atoms with Crippen molar-refractivity contribution in [3.05, 3.63) is 24.2 Å². The molecule has 0 amide bonds. The highest BCUT2D eigenvalue weighted by molar-refractivity contribution is 5.02. The van der Waals surface area contributed by atoms with E-state index in [0.29, 0.717) is 6.42 Å². The van der Waals surface area contributed by atoms with Crippen LogP contribution < -0.4 is 5.73 Å². The Kier molecular flexibility index (Phi) is 2.48. The number of hydrogen-bond donors (Lipinski definition) is 2. The number of nitrogens with two attached hydrogens (primary N) is 1. The zero-order valence-corrected chi connectivity index (χ0v) is 5.66. The van der Waals surface area contributed by atoms with Crippen LogP contribution in [0.1, 0.15) is 18.2 Å². The van der Waals surface area contributed by atoms with Crippen molar-refractivity contribution in [3.63, 3.8) is 0 Å². The van der Waals surface area contributed by atoms with Gasteiger partial charge in [0.05, 0.1) is 12.3 Å². The summed E-state index contributed by atoms with van der Waals surface area (Å²) in [5, 5.41) is 8.51. The molecule has 10 heavy (non-hydrogen) atoms. The van der Waals surface area contributed by atoms with Crippen molar-refractivity contribution in [2.24, 2.45) is 5.73 Å². The van der Waals surface area contributed by atoms with Crippen LogP contribution in [0.2, 0.25) is 0 Å². The van der Waals surface area contributed by atoms with Crippen LogP contribution in [0.4, 0.5) is 0 Å². The van der Waals surface area contributed by atoms with Crippen molar-refractivity contribution in [1.29, 1.82) is 0 Å². The Labute approximate surface area is 59.5 Å². The van der Waals surface area contributed by atoms with Gasteiger partial charge >= 0.3 is 0 Å². The molecule has 56 valence electrons. The molecule has 1 aromatic rings. The fraction of sp³-hybridized carbons (Fsp3) is 0.429. The summed E-state index contributed by atoms with van der Waals surface area (Å²) in [6.45, 7) is 0.0991. The Bertz CT molecular complexity index is 172. The van der Waals surface area contributed by atoms with Gasteiger partial charge in [0, 0.05) is 6.61 Å². The Morgan fingerprint density at radius 2 is 2.50 bits per heavy atom. The van der Waals surface area contributed by atoms with E-state index in [1.54, 1.807) is 18.4 Å². The maximum atomic E-state index is 8.51. The Morgan fingerprint density at radius 1 is 1.70 bits per heavy atom. The molecule has 0 aromatic carbocycles. The predicted molar refractivity (Wildman–Crippen MR) is 37.3 cm³/mol. The molecule has 0 bridgehead atoms. The minimum Gasteiger partial charge on any atom is -0.468 e. The molecule has 1 heterocycles. The molecule has 0 saturated heterocycles. The van der Waals surface area contributed by atoms with E-state index in [2.05, 4.69) is 0 Å². The zero-order valence-electron chi connectivity index (χ0n) is 5.66. The molecule has 3 nitrogen and oxygen atoms in total. The third-order valence-corrected chi connectivity index (χ3v) is 1.35. The van der Waals surface area contributed by atoms with E-state index >= 15 is 0 Å². The molecule has 0 aliphatic carbocycles. The highest BCUT2D eigenvalue weighted by atomic mass is 16.3. The summed E-state index contributed by atoms with van der Waals surface area (Å²) in [5.41, 5.74) is 5.60. The molecule has 0 spiro atoms. The lowest BCUT2D eigenvalue weighted by Gasteiger charge is -2.04. The second-order valence-electron chi connectivity index (χ2n) is 2.13. The van der Waals surface area contributed by atoms with E-state index < -0.39 is 0 Å². The minimum atomic E-state index is -0.167. The first-order valence-corrected chi connectivity index (χ1v) is 3.24. The molecule has 0 radical (unpaired) electrons. The standard InChI is InChI=1S/C7H11NO2/c8-6(3-4-9)7-2-1-5-10-7/h1-2,5-6,9H,3-4,8H2. The first-order valence-electron chi connectivity index (χ1n) is 3.24. The van der Waals surface area contributed by atoms with Gasteiger partial charge in [-0.2, -0.15) is 0 Å². The third kappa shape index (κ3) is 1.59. The van der Waals surface area contributed by atoms with Crippen molar-refractivity contribution >= 4 is 0 Å². The quantitative estimate of drug-likeness (QED) is 0.650.